The zero-order valence-electron chi connectivity index (χ0n) is 17.0. The molecule has 0 saturated carbocycles. The molecule has 0 aliphatic heterocycles. The number of carbonyl (C=O) groups is 1. The van der Waals surface area contributed by atoms with Crippen LogP contribution in [0.5, 0.6) is 0 Å². The minimum atomic E-state index is -0.430. The van der Waals surface area contributed by atoms with E-state index in [2.05, 4.69) is 9.88 Å². The Hall–Kier alpha value is -3.81. The summed E-state index contributed by atoms with van der Waals surface area (Å²) in [5.41, 5.74) is 4.76. The summed E-state index contributed by atoms with van der Waals surface area (Å²) in [4.78, 5) is 12.7. The summed E-state index contributed by atoms with van der Waals surface area (Å²) in [6.45, 7) is 2.63. The first-order chi connectivity index (χ1) is 15.0. The number of benzene rings is 3. The largest absolute Gasteiger partial charge is 0.342 e. The maximum Gasteiger partial charge on any atom is 0.266 e. The number of rotatable bonds is 5. The van der Waals surface area contributed by atoms with E-state index in [1.165, 1.54) is 0 Å². The third-order valence-electron chi connectivity index (χ3n) is 5.06. The number of nitrogens with one attached hydrogen (secondary N) is 1. The fourth-order valence-corrected chi connectivity index (χ4v) is 3.57. The van der Waals surface area contributed by atoms with Crippen LogP contribution >= 0.6 is 11.6 Å². The van der Waals surface area contributed by atoms with Crippen LogP contribution in [-0.4, -0.2) is 10.5 Å². The van der Waals surface area contributed by atoms with Crippen LogP contribution < -0.4 is 5.32 Å². The molecule has 152 valence electrons. The van der Waals surface area contributed by atoms with Gasteiger partial charge in [0.25, 0.3) is 5.91 Å². The zero-order chi connectivity index (χ0) is 21.8. The summed E-state index contributed by atoms with van der Waals surface area (Å²) in [5, 5.41) is 14.1. The number of aryl methyl sites for hydroxylation is 1. The normalized spacial score (nSPS) is 11.3. The molecule has 1 heterocycles. The van der Waals surface area contributed by atoms with E-state index in [1.54, 1.807) is 6.08 Å². The molecule has 0 aliphatic rings. The fraction of sp³-hybridized carbons (Fsp3) is 0.0769. The molecule has 0 unspecified atom stereocenters. The van der Waals surface area contributed by atoms with Crippen molar-refractivity contribution in [2.24, 2.45) is 0 Å². The summed E-state index contributed by atoms with van der Waals surface area (Å²) in [6.07, 6.45) is 3.61. The SMILES string of the molecule is Cc1ccc(NC(=O)/C(C#N)=C/c2cn(Cc3ccc(Cl)cc3)c3ccccc23)cc1. The number of fused-ring (bicyclic) bond motifs is 1. The van der Waals surface area contributed by atoms with Crippen molar-refractivity contribution in [1.29, 1.82) is 5.26 Å². The van der Waals surface area contributed by atoms with Crippen LogP contribution in [0.25, 0.3) is 17.0 Å². The molecule has 0 atom stereocenters. The quantitative estimate of drug-likeness (QED) is 0.306. The number of carbonyl (C=O) groups excluding carboxylic acids is 1. The third kappa shape index (κ3) is 4.69. The van der Waals surface area contributed by atoms with E-state index in [0.29, 0.717) is 17.3 Å². The van der Waals surface area contributed by atoms with Gasteiger partial charge in [-0.3, -0.25) is 4.79 Å². The number of anilines is 1. The first-order valence-corrected chi connectivity index (χ1v) is 10.2. The molecule has 0 bridgehead atoms. The van der Waals surface area contributed by atoms with Crippen molar-refractivity contribution in [3.8, 4) is 6.07 Å². The Kier molecular flexibility index (Phi) is 5.88. The number of nitriles is 1. The van der Waals surface area contributed by atoms with E-state index in [-0.39, 0.29) is 5.57 Å². The van der Waals surface area contributed by atoms with E-state index in [4.69, 9.17) is 11.6 Å². The fourth-order valence-electron chi connectivity index (χ4n) is 3.45. The summed E-state index contributed by atoms with van der Waals surface area (Å²) >= 11 is 6.00. The van der Waals surface area contributed by atoms with Crippen molar-refractivity contribution in [2.75, 3.05) is 5.32 Å². The number of hydrogen-bond donors (Lipinski definition) is 1. The van der Waals surface area contributed by atoms with E-state index in [9.17, 15) is 10.1 Å². The molecule has 5 heteroatoms. The Labute approximate surface area is 186 Å². The number of halogens is 1. The lowest BCUT2D eigenvalue weighted by Gasteiger charge is -2.05. The highest BCUT2D eigenvalue weighted by molar-refractivity contribution is 6.30. The van der Waals surface area contributed by atoms with Crippen molar-refractivity contribution < 1.29 is 4.79 Å². The Morgan fingerprint density at radius 1 is 1.06 bits per heavy atom. The van der Waals surface area contributed by atoms with Crippen LogP contribution in [0.4, 0.5) is 5.69 Å². The third-order valence-corrected chi connectivity index (χ3v) is 5.31. The molecule has 0 spiro atoms. The molecule has 1 N–H and O–H groups in total. The molecule has 3 aromatic carbocycles. The molecule has 4 nitrogen and oxygen atoms in total. The van der Waals surface area contributed by atoms with E-state index >= 15 is 0 Å². The van der Waals surface area contributed by atoms with Gasteiger partial charge in [-0.2, -0.15) is 5.26 Å². The lowest BCUT2D eigenvalue weighted by atomic mass is 10.1. The van der Waals surface area contributed by atoms with Crippen molar-refractivity contribution in [1.82, 2.24) is 4.57 Å². The van der Waals surface area contributed by atoms with Crippen LogP contribution in [0.3, 0.4) is 0 Å². The lowest BCUT2D eigenvalue weighted by molar-refractivity contribution is -0.112. The van der Waals surface area contributed by atoms with Gasteiger partial charge in [0.2, 0.25) is 0 Å². The summed E-state index contributed by atoms with van der Waals surface area (Å²) in [6, 6.07) is 25.2. The summed E-state index contributed by atoms with van der Waals surface area (Å²) in [5.74, 6) is -0.430. The van der Waals surface area contributed by atoms with E-state index < -0.39 is 5.91 Å². The van der Waals surface area contributed by atoms with Crippen molar-refractivity contribution in [3.05, 3.63) is 106 Å². The average Bonchev–Trinajstić information content (AvgIpc) is 3.12. The second-order valence-corrected chi connectivity index (χ2v) is 7.78. The average molecular weight is 426 g/mol. The van der Waals surface area contributed by atoms with Gasteiger partial charge >= 0.3 is 0 Å². The molecule has 0 saturated heterocycles. The van der Waals surface area contributed by atoms with Gasteiger partial charge in [0.1, 0.15) is 11.6 Å². The van der Waals surface area contributed by atoms with Gasteiger partial charge in [-0.1, -0.05) is 59.6 Å². The van der Waals surface area contributed by atoms with Gasteiger partial charge in [0.05, 0.1) is 0 Å². The molecular weight excluding hydrogens is 406 g/mol. The van der Waals surface area contributed by atoms with E-state index in [1.807, 2.05) is 92.0 Å². The van der Waals surface area contributed by atoms with Crippen molar-refractivity contribution >= 4 is 40.2 Å². The molecule has 4 aromatic rings. The molecule has 4 rings (SSSR count). The van der Waals surface area contributed by atoms with Gasteiger partial charge in [0.15, 0.2) is 0 Å². The highest BCUT2D eigenvalue weighted by Crippen LogP contribution is 2.25. The van der Waals surface area contributed by atoms with Gasteiger partial charge in [-0.25, -0.2) is 0 Å². The molecule has 31 heavy (non-hydrogen) atoms. The minimum absolute atomic E-state index is 0.0509. The first kappa shape index (κ1) is 20.5. The highest BCUT2D eigenvalue weighted by atomic mass is 35.5. The predicted molar refractivity (Wildman–Crippen MR) is 126 cm³/mol. The topological polar surface area (TPSA) is 57.8 Å². The number of aromatic nitrogens is 1. The monoisotopic (exact) mass is 425 g/mol. The first-order valence-electron chi connectivity index (χ1n) is 9.85. The van der Waals surface area contributed by atoms with E-state index in [0.717, 1.165) is 27.6 Å². The molecule has 1 amide bonds. The Morgan fingerprint density at radius 2 is 1.77 bits per heavy atom. The molecule has 0 radical (unpaired) electrons. The number of amides is 1. The lowest BCUT2D eigenvalue weighted by Crippen LogP contribution is -2.13. The maximum absolute atomic E-state index is 12.7. The Bertz CT molecular complexity index is 1310. The molecule has 1 aromatic heterocycles. The number of nitrogens with zero attached hydrogens (tertiary/aromatic N) is 2. The minimum Gasteiger partial charge on any atom is -0.342 e. The molecular formula is C26H20ClN3O. The van der Waals surface area contributed by atoms with Gasteiger partial charge in [-0.05, 0) is 48.9 Å². The number of para-hydroxylation sites is 1. The maximum atomic E-state index is 12.7. The Morgan fingerprint density at radius 3 is 2.48 bits per heavy atom. The summed E-state index contributed by atoms with van der Waals surface area (Å²) in [7, 11) is 0. The van der Waals surface area contributed by atoms with Crippen LogP contribution in [-0.2, 0) is 11.3 Å². The second-order valence-electron chi connectivity index (χ2n) is 7.35. The second kappa shape index (κ2) is 8.91. The highest BCUT2D eigenvalue weighted by Gasteiger charge is 2.13. The van der Waals surface area contributed by atoms with Crippen LogP contribution in [0, 0.1) is 18.3 Å². The van der Waals surface area contributed by atoms with Gasteiger partial charge < -0.3 is 9.88 Å². The van der Waals surface area contributed by atoms with Crippen molar-refractivity contribution in [2.45, 2.75) is 13.5 Å². The van der Waals surface area contributed by atoms with Crippen LogP contribution in [0.1, 0.15) is 16.7 Å². The van der Waals surface area contributed by atoms with Gasteiger partial charge in [-0.15, -0.1) is 0 Å². The number of hydrogen-bond acceptors (Lipinski definition) is 2. The predicted octanol–water partition coefficient (Wildman–Crippen LogP) is 6.20. The van der Waals surface area contributed by atoms with Crippen LogP contribution in [0.2, 0.25) is 5.02 Å². The standard InChI is InChI=1S/C26H20ClN3O/c1-18-6-12-23(13-7-18)29-26(31)20(15-28)14-21-17-30(25-5-3-2-4-24(21)25)16-19-8-10-22(27)11-9-19/h2-14,17H,16H2,1H3,(H,29,31)/b20-14+. The van der Waals surface area contributed by atoms with Crippen LogP contribution in [0.15, 0.2) is 84.6 Å². The zero-order valence-corrected chi connectivity index (χ0v) is 17.7. The van der Waals surface area contributed by atoms with Gasteiger partial charge in [0, 0.05) is 39.9 Å². The molecule has 0 fully saturated rings. The Balaban J connectivity index is 1.66. The smallest absolute Gasteiger partial charge is 0.266 e. The summed E-state index contributed by atoms with van der Waals surface area (Å²) < 4.78 is 2.11. The molecule has 0 aliphatic carbocycles. The van der Waals surface area contributed by atoms with Crippen molar-refractivity contribution in [3.63, 3.8) is 0 Å².